The number of aromatic nitrogens is 2. The molecule has 5 heteroatoms. The van der Waals surface area contributed by atoms with Crippen LogP contribution in [0, 0.1) is 0 Å². The van der Waals surface area contributed by atoms with Gasteiger partial charge in [-0.2, -0.15) is 0 Å². The predicted molar refractivity (Wildman–Crippen MR) is 82.0 cm³/mol. The van der Waals surface area contributed by atoms with Crippen molar-refractivity contribution in [2.75, 3.05) is 5.32 Å². The van der Waals surface area contributed by atoms with Crippen molar-refractivity contribution in [3.05, 3.63) is 58.3 Å². The number of rotatable bonds is 2. The highest BCUT2D eigenvalue weighted by atomic mass is 79.9. The van der Waals surface area contributed by atoms with Crippen LogP contribution in [0.3, 0.4) is 0 Å². The lowest BCUT2D eigenvalue weighted by molar-refractivity contribution is 1.26. The number of nitrogens with zero attached hydrogens (tertiary/aromatic N) is 2. The van der Waals surface area contributed by atoms with Crippen molar-refractivity contribution in [1.82, 2.24) is 9.97 Å². The molecule has 0 radical (unpaired) electrons. The van der Waals surface area contributed by atoms with Crippen molar-refractivity contribution in [2.24, 2.45) is 0 Å². The molecule has 3 rings (SSSR count). The molecular weight excluding hydrogens is 326 g/mol. The van der Waals surface area contributed by atoms with Crippen molar-refractivity contribution in [2.45, 2.75) is 0 Å². The highest BCUT2D eigenvalue weighted by Gasteiger charge is 2.06. The van der Waals surface area contributed by atoms with Crippen molar-refractivity contribution in [1.29, 1.82) is 0 Å². The lowest BCUT2D eigenvalue weighted by Gasteiger charge is -2.09. The van der Waals surface area contributed by atoms with Gasteiger partial charge in [-0.3, -0.25) is 4.98 Å². The Balaban J connectivity index is 2.09. The zero-order valence-electron chi connectivity index (χ0n) is 9.77. The maximum atomic E-state index is 6.17. The van der Waals surface area contributed by atoms with Gasteiger partial charge in [-0.25, -0.2) is 4.98 Å². The molecule has 0 saturated heterocycles. The molecule has 1 N–H and O–H groups in total. The minimum absolute atomic E-state index is 0.691. The zero-order chi connectivity index (χ0) is 13.2. The Kier molecular flexibility index (Phi) is 3.36. The monoisotopic (exact) mass is 333 g/mol. The van der Waals surface area contributed by atoms with E-state index in [0.717, 1.165) is 27.0 Å². The van der Waals surface area contributed by atoms with E-state index >= 15 is 0 Å². The third-order valence-corrected chi connectivity index (χ3v) is 3.47. The van der Waals surface area contributed by atoms with Crippen LogP contribution in [0.15, 0.2) is 53.3 Å². The van der Waals surface area contributed by atoms with E-state index in [2.05, 4.69) is 31.2 Å². The van der Waals surface area contributed by atoms with Crippen LogP contribution in [-0.4, -0.2) is 9.97 Å². The van der Waals surface area contributed by atoms with Crippen LogP contribution in [-0.2, 0) is 0 Å². The number of benzene rings is 1. The second-order valence-electron chi connectivity index (χ2n) is 3.97. The van der Waals surface area contributed by atoms with Gasteiger partial charge in [0, 0.05) is 11.6 Å². The van der Waals surface area contributed by atoms with Gasteiger partial charge in [-0.15, -0.1) is 0 Å². The van der Waals surface area contributed by atoms with Crippen molar-refractivity contribution in [3.63, 3.8) is 0 Å². The van der Waals surface area contributed by atoms with Crippen molar-refractivity contribution in [3.8, 4) is 0 Å². The standard InChI is InChI=1S/C14H9BrClN3/c15-12-4-1-5-13(19-12)18-11-7-6-10(16)9-3-2-8-17-14(9)11/h1-8H,(H,18,19). The molecule has 0 fully saturated rings. The van der Waals surface area contributed by atoms with Crippen LogP contribution in [0.5, 0.6) is 0 Å². The number of anilines is 2. The summed E-state index contributed by atoms with van der Waals surface area (Å²) in [6.45, 7) is 0. The summed E-state index contributed by atoms with van der Waals surface area (Å²) in [5, 5.41) is 4.86. The fourth-order valence-electron chi connectivity index (χ4n) is 1.85. The smallest absolute Gasteiger partial charge is 0.131 e. The molecule has 0 aliphatic rings. The summed E-state index contributed by atoms with van der Waals surface area (Å²) in [6, 6.07) is 13.3. The molecule has 1 aromatic carbocycles. The summed E-state index contributed by atoms with van der Waals surface area (Å²) < 4.78 is 0.781. The van der Waals surface area contributed by atoms with Gasteiger partial charge in [0.15, 0.2) is 0 Å². The van der Waals surface area contributed by atoms with Crippen LogP contribution in [0.2, 0.25) is 5.02 Å². The molecule has 2 aromatic heterocycles. The molecular formula is C14H9BrClN3. The third kappa shape index (κ3) is 2.55. The van der Waals surface area contributed by atoms with E-state index in [1.165, 1.54) is 0 Å². The van der Waals surface area contributed by atoms with Crippen LogP contribution < -0.4 is 5.32 Å². The molecule has 3 nitrogen and oxygen atoms in total. The number of nitrogens with one attached hydrogen (secondary N) is 1. The predicted octanol–water partition coefficient (Wildman–Crippen LogP) is 4.79. The number of hydrogen-bond donors (Lipinski definition) is 1. The van der Waals surface area contributed by atoms with E-state index in [4.69, 9.17) is 11.6 Å². The first-order valence-corrected chi connectivity index (χ1v) is 6.84. The number of hydrogen-bond acceptors (Lipinski definition) is 3. The quantitative estimate of drug-likeness (QED) is 0.685. The summed E-state index contributed by atoms with van der Waals surface area (Å²) >= 11 is 9.52. The van der Waals surface area contributed by atoms with E-state index in [0.29, 0.717) is 5.02 Å². The SMILES string of the molecule is Clc1ccc(Nc2cccc(Br)n2)c2ncccc12. The normalized spacial score (nSPS) is 10.6. The van der Waals surface area contributed by atoms with Gasteiger partial charge < -0.3 is 5.32 Å². The number of fused-ring (bicyclic) bond motifs is 1. The largest absolute Gasteiger partial charge is 0.338 e. The van der Waals surface area contributed by atoms with Gasteiger partial charge in [0.25, 0.3) is 0 Å². The van der Waals surface area contributed by atoms with Gasteiger partial charge in [0.1, 0.15) is 10.4 Å². The molecule has 19 heavy (non-hydrogen) atoms. The molecule has 0 unspecified atom stereocenters. The maximum Gasteiger partial charge on any atom is 0.131 e. The molecule has 0 aliphatic carbocycles. The van der Waals surface area contributed by atoms with Gasteiger partial charge in [0.05, 0.1) is 16.2 Å². The summed E-state index contributed by atoms with van der Waals surface area (Å²) in [7, 11) is 0. The fraction of sp³-hybridized carbons (Fsp3) is 0. The highest BCUT2D eigenvalue weighted by Crippen LogP contribution is 2.29. The Morgan fingerprint density at radius 3 is 2.79 bits per heavy atom. The lowest BCUT2D eigenvalue weighted by Crippen LogP contribution is -1.95. The Morgan fingerprint density at radius 2 is 1.95 bits per heavy atom. The lowest BCUT2D eigenvalue weighted by atomic mass is 10.2. The third-order valence-electron chi connectivity index (χ3n) is 2.69. The first-order valence-electron chi connectivity index (χ1n) is 5.67. The molecule has 0 atom stereocenters. The first kappa shape index (κ1) is 12.4. The van der Waals surface area contributed by atoms with E-state index in [1.54, 1.807) is 6.20 Å². The molecule has 0 aliphatic heterocycles. The van der Waals surface area contributed by atoms with E-state index < -0.39 is 0 Å². The van der Waals surface area contributed by atoms with Crippen molar-refractivity contribution < 1.29 is 0 Å². The molecule has 94 valence electrons. The second kappa shape index (κ2) is 5.15. The Bertz CT molecular complexity index is 746. The molecule has 2 heterocycles. The Hall–Kier alpha value is -1.65. The molecule has 3 aromatic rings. The molecule has 0 spiro atoms. The van der Waals surface area contributed by atoms with E-state index in [9.17, 15) is 0 Å². The van der Waals surface area contributed by atoms with Crippen LogP contribution in [0.1, 0.15) is 0 Å². The number of halogens is 2. The summed E-state index contributed by atoms with van der Waals surface area (Å²) in [5.74, 6) is 0.753. The average molecular weight is 335 g/mol. The summed E-state index contributed by atoms with van der Waals surface area (Å²) in [6.07, 6.45) is 1.75. The molecule has 0 amide bonds. The van der Waals surface area contributed by atoms with Crippen LogP contribution >= 0.6 is 27.5 Å². The van der Waals surface area contributed by atoms with E-state index in [1.807, 2.05) is 42.5 Å². The van der Waals surface area contributed by atoms with Gasteiger partial charge in [0.2, 0.25) is 0 Å². The Morgan fingerprint density at radius 1 is 1.05 bits per heavy atom. The summed E-state index contributed by atoms with van der Waals surface area (Å²) in [5.41, 5.74) is 1.71. The van der Waals surface area contributed by atoms with Gasteiger partial charge in [-0.1, -0.05) is 17.7 Å². The Labute approximate surface area is 123 Å². The summed E-state index contributed by atoms with van der Waals surface area (Å²) in [4.78, 5) is 8.72. The van der Waals surface area contributed by atoms with Gasteiger partial charge in [-0.05, 0) is 52.3 Å². The first-order chi connectivity index (χ1) is 9.24. The van der Waals surface area contributed by atoms with Crippen molar-refractivity contribution >= 4 is 49.9 Å². The topological polar surface area (TPSA) is 37.8 Å². The highest BCUT2D eigenvalue weighted by molar-refractivity contribution is 9.10. The van der Waals surface area contributed by atoms with Crippen LogP contribution in [0.4, 0.5) is 11.5 Å². The molecule has 0 bridgehead atoms. The minimum atomic E-state index is 0.691. The van der Waals surface area contributed by atoms with Gasteiger partial charge >= 0.3 is 0 Å². The minimum Gasteiger partial charge on any atom is -0.338 e. The average Bonchev–Trinajstić information content (AvgIpc) is 2.42. The zero-order valence-corrected chi connectivity index (χ0v) is 12.1. The fourth-order valence-corrected chi connectivity index (χ4v) is 2.41. The molecule has 0 saturated carbocycles. The second-order valence-corrected chi connectivity index (χ2v) is 5.18. The van der Waals surface area contributed by atoms with E-state index in [-0.39, 0.29) is 0 Å². The maximum absolute atomic E-state index is 6.17. The number of pyridine rings is 2. The van der Waals surface area contributed by atoms with Crippen LogP contribution in [0.25, 0.3) is 10.9 Å².